The Bertz CT molecular complexity index is 556. The lowest BCUT2D eigenvalue weighted by Crippen LogP contribution is -2.46. The van der Waals surface area contributed by atoms with Crippen LogP contribution in [0.5, 0.6) is 0 Å². The van der Waals surface area contributed by atoms with Crippen LogP contribution in [0, 0.1) is 10.1 Å². The molecule has 1 atom stereocenters. The Kier molecular flexibility index (Phi) is 7.12. The number of fused-ring (bicyclic) bond motifs is 1. The Balaban J connectivity index is 0.00000242. The van der Waals surface area contributed by atoms with Gasteiger partial charge in [-0.15, -0.1) is 12.4 Å². The van der Waals surface area contributed by atoms with Crippen LogP contribution in [0.3, 0.4) is 0 Å². The fourth-order valence-electron chi connectivity index (χ4n) is 2.45. The van der Waals surface area contributed by atoms with Crippen molar-refractivity contribution in [3.8, 4) is 0 Å². The van der Waals surface area contributed by atoms with Crippen LogP contribution in [0.15, 0.2) is 18.2 Å². The van der Waals surface area contributed by atoms with Gasteiger partial charge < -0.3 is 10.6 Å². The van der Waals surface area contributed by atoms with Gasteiger partial charge in [0.15, 0.2) is 0 Å². The minimum Gasteiger partial charge on any atom is -0.337 e. The van der Waals surface area contributed by atoms with Gasteiger partial charge in [0.25, 0.3) is 5.69 Å². The van der Waals surface area contributed by atoms with Crippen LogP contribution in [-0.2, 0) is 17.8 Å². The number of nitro benzene ring substituents is 1. The second-order valence-corrected chi connectivity index (χ2v) is 6.09. The molecule has 2 rings (SSSR count). The standard InChI is InChI=1S/C14H19N3O3S.ClH/c1-21-7-5-13(15)14(18)16-6-4-10-2-3-12(17(19)20)8-11(10)9-16;/h2-3,8,13H,4-7,9,15H2,1H3;1H/t13-;/m0./s1. The second-order valence-electron chi connectivity index (χ2n) is 5.11. The van der Waals surface area contributed by atoms with E-state index in [0.29, 0.717) is 25.9 Å². The van der Waals surface area contributed by atoms with Crippen molar-refractivity contribution >= 4 is 35.8 Å². The summed E-state index contributed by atoms with van der Waals surface area (Å²) in [6.45, 7) is 1.03. The maximum Gasteiger partial charge on any atom is 0.269 e. The number of nitro groups is 1. The van der Waals surface area contributed by atoms with Crippen molar-refractivity contribution in [3.63, 3.8) is 0 Å². The summed E-state index contributed by atoms with van der Waals surface area (Å²) in [4.78, 5) is 24.4. The zero-order chi connectivity index (χ0) is 15.4. The van der Waals surface area contributed by atoms with Gasteiger partial charge in [0.05, 0.1) is 11.0 Å². The average molecular weight is 346 g/mol. The van der Waals surface area contributed by atoms with Gasteiger partial charge in [-0.05, 0) is 36.0 Å². The molecule has 0 radical (unpaired) electrons. The van der Waals surface area contributed by atoms with Crippen LogP contribution >= 0.6 is 24.2 Å². The predicted molar refractivity (Wildman–Crippen MR) is 90.4 cm³/mol. The lowest BCUT2D eigenvalue weighted by Gasteiger charge is -2.30. The highest BCUT2D eigenvalue weighted by Crippen LogP contribution is 2.24. The Hall–Kier alpha value is -1.31. The molecule has 1 aliphatic rings. The number of nitrogens with two attached hydrogens (primary N) is 1. The van der Waals surface area contributed by atoms with Crippen LogP contribution in [0.2, 0.25) is 0 Å². The van der Waals surface area contributed by atoms with Crippen molar-refractivity contribution in [3.05, 3.63) is 39.4 Å². The maximum atomic E-state index is 12.3. The molecule has 0 aliphatic carbocycles. The number of carbonyl (C=O) groups excluding carboxylic acids is 1. The Morgan fingerprint density at radius 3 is 2.86 bits per heavy atom. The molecule has 1 aliphatic heterocycles. The largest absolute Gasteiger partial charge is 0.337 e. The van der Waals surface area contributed by atoms with Gasteiger partial charge in [0.2, 0.25) is 5.91 Å². The molecular weight excluding hydrogens is 326 g/mol. The number of halogens is 1. The van der Waals surface area contributed by atoms with Crippen LogP contribution in [0.25, 0.3) is 0 Å². The minimum absolute atomic E-state index is 0. The number of nitrogens with zero attached hydrogens (tertiary/aromatic N) is 2. The summed E-state index contributed by atoms with van der Waals surface area (Å²) in [7, 11) is 0. The highest BCUT2D eigenvalue weighted by atomic mass is 35.5. The Labute approximate surface area is 140 Å². The monoisotopic (exact) mass is 345 g/mol. The van der Waals surface area contributed by atoms with Crippen LogP contribution < -0.4 is 5.73 Å². The number of hydrogen-bond acceptors (Lipinski definition) is 5. The Morgan fingerprint density at radius 1 is 1.50 bits per heavy atom. The van der Waals surface area contributed by atoms with Gasteiger partial charge >= 0.3 is 0 Å². The SMILES string of the molecule is CSCC[C@H](N)C(=O)N1CCc2ccc([N+](=O)[O-])cc2C1.Cl. The summed E-state index contributed by atoms with van der Waals surface area (Å²) in [5, 5.41) is 10.8. The molecule has 1 heterocycles. The van der Waals surface area contributed by atoms with E-state index in [2.05, 4.69) is 0 Å². The van der Waals surface area contributed by atoms with E-state index >= 15 is 0 Å². The molecule has 1 aromatic carbocycles. The first kappa shape index (κ1) is 18.7. The topological polar surface area (TPSA) is 89.5 Å². The molecule has 0 unspecified atom stereocenters. The van der Waals surface area contributed by atoms with Gasteiger partial charge in [-0.3, -0.25) is 14.9 Å². The molecule has 0 aromatic heterocycles. The highest BCUT2D eigenvalue weighted by molar-refractivity contribution is 7.98. The van der Waals surface area contributed by atoms with E-state index in [9.17, 15) is 14.9 Å². The number of hydrogen-bond donors (Lipinski definition) is 1. The molecule has 0 fully saturated rings. The summed E-state index contributed by atoms with van der Waals surface area (Å²) in [5.41, 5.74) is 7.90. The lowest BCUT2D eigenvalue weighted by atomic mass is 9.98. The molecule has 1 amide bonds. The summed E-state index contributed by atoms with van der Waals surface area (Å²) in [6, 6.07) is 4.36. The number of rotatable bonds is 5. The average Bonchev–Trinajstić information content (AvgIpc) is 2.50. The number of thioether (sulfide) groups is 1. The van der Waals surface area contributed by atoms with Crippen molar-refractivity contribution in [2.75, 3.05) is 18.6 Å². The van der Waals surface area contributed by atoms with Crippen molar-refractivity contribution in [2.24, 2.45) is 5.73 Å². The van der Waals surface area contributed by atoms with Crippen molar-refractivity contribution in [2.45, 2.75) is 25.4 Å². The smallest absolute Gasteiger partial charge is 0.269 e. The lowest BCUT2D eigenvalue weighted by molar-refractivity contribution is -0.385. The summed E-state index contributed by atoms with van der Waals surface area (Å²) in [5.74, 6) is 0.782. The summed E-state index contributed by atoms with van der Waals surface area (Å²) >= 11 is 1.66. The third kappa shape index (κ3) is 4.34. The first-order valence-corrected chi connectivity index (χ1v) is 8.22. The third-order valence-electron chi connectivity index (χ3n) is 3.67. The molecule has 0 saturated carbocycles. The predicted octanol–water partition coefficient (Wildman–Crippen LogP) is 1.98. The summed E-state index contributed by atoms with van der Waals surface area (Å²) < 4.78 is 0. The van der Waals surface area contributed by atoms with E-state index in [-0.39, 0.29) is 24.0 Å². The van der Waals surface area contributed by atoms with Crippen LogP contribution in [-0.4, -0.2) is 40.3 Å². The Morgan fingerprint density at radius 2 is 2.23 bits per heavy atom. The highest BCUT2D eigenvalue weighted by Gasteiger charge is 2.25. The third-order valence-corrected chi connectivity index (χ3v) is 4.32. The molecule has 0 spiro atoms. The molecule has 122 valence electrons. The number of non-ortho nitro benzene ring substituents is 1. The first-order valence-electron chi connectivity index (χ1n) is 6.82. The van der Waals surface area contributed by atoms with Crippen LogP contribution in [0.4, 0.5) is 5.69 Å². The molecular formula is C14H20ClN3O3S. The zero-order valence-electron chi connectivity index (χ0n) is 12.4. The maximum absolute atomic E-state index is 12.3. The van der Waals surface area contributed by atoms with Crippen molar-refractivity contribution in [1.29, 1.82) is 0 Å². The van der Waals surface area contributed by atoms with E-state index in [0.717, 1.165) is 16.9 Å². The van der Waals surface area contributed by atoms with Gasteiger partial charge in [-0.1, -0.05) is 6.07 Å². The van der Waals surface area contributed by atoms with Gasteiger partial charge in [0, 0.05) is 25.2 Å². The molecule has 6 nitrogen and oxygen atoms in total. The van der Waals surface area contributed by atoms with E-state index < -0.39 is 11.0 Å². The summed E-state index contributed by atoms with van der Waals surface area (Å²) in [6.07, 6.45) is 3.35. The normalized spacial score (nSPS) is 14.7. The van der Waals surface area contributed by atoms with Crippen molar-refractivity contribution < 1.29 is 9.72 Å². The van der Waals surface area contributed by atoms with E-state index in [1.807, 2.05) is 6.26 Å². The van der Waals surface area contributed by atoms with E-state index in [1.165, 1.54) is 6.07 Å². The zero-order valence-corrected chi connectivity index (χ0v) is 14.0. The minimum atomic E-state index is -0.488. The van der Waals surface area contributed by atoms with Gasteiger partial charge in [-0.2, -0.15) is 11.8 Å². The molecule has 22 heavy (non-hydrogen) atoms. The quantitative estimate of drug-likeness (QED) is 0.651. The molecule has 8 heteroatoms. The van der Waals surface area contributed by atoms with Crippen molar-refractivity contribution in [1.82, 2.24) is 4.90 Å². The number of amides is 1. The number of carbonyl (C=O) groups is 1. The van der Waals surface area contributed by atoms with Gasteiger partial charge in [0.1, 0.15) is 0 Å². The first-order chi connectivity index (χ1) is 10.0. The number of benzene rings is 1. The van der Waals surface area contributed by atoms with E-state index in [1.54, 1.807) is 28.8 Å². The fraction of sp³-hybridized carbons (Fsp3) is 0.500. The van der Waals surface area contributed by atoms with Gasteiger partial charge in [-0.25, -0.2) is 0 Å². The molecule has 1 aromatic rings. The fourth-order valence-corrected chi connectivity index (χ4v) is 2.94. The molecule has 2 N–H and O–H groups in total. The van der Waals surface area contributed by atoms with Crippen LogP contribution in [0.1, 0.15) is 17.5 Å². The van der Waals surface area contributed by atoms with E-state index in [4.69, 9.17) is 5.73 Å². The molecule has 0 bridgehead atoms. The molecule has 0 saturated heterocycles. The second kappa shape index (κ2) is 8.36.